The molecule has 0 saturated carbocycles. The first kappa shape index (κ1) is 77.1. The molecule has 0 atom stereocenters. The van der Waals surface area contributed by atoms with Crippen LogP contribution in [0.15, 0.2) is 24.3 Å². The molecule has 74 heavy (non-hydrogen) atoms. The van der Waals surface area contributed by atoms with Gasteiger partial charge in [-0.3, -0.25) is 0 Å². The molecule has 0 unspecified atom stereocenters. The highest BCUT2D eigenvalue weighted by molar-refractivity contribution is 8.38. The molecule has 1 aromatic carbocycles. The predicted octanol–water partition coefficient (Wildman–Crippen LogP) is -22.1. The summed E-state index contributed by atoms with van der Waals surface area (Å²) in [5.74, 6) is -0.193. The third-order valence-electron chi connectivity index (χ3n) is 14.6. The van der Waals surface area contributed by atoms with Crippen molar-refractivity contribution in [3.05, 3.63) is 30.1 Å². The quantitative estimate of drug-likeness (QED) is 0.0713. The maximum absolute atomic E-state index is 12.3. The Morgan fingerprint density at radius 1 is 0.257 bits per heavy atom. The van der Waals surface area contributed by atoms with E-state index in [9.17, 15) is 4.39 Å². The summed E-state index contributed by atoms with van der Waals surface area (Å²) in [5.41, 5.74) is 0.962. The van der Waals surface area contributed by atoms with Crippen LogP contribution in [0.1, 0.15) is 6.92 Å². The van der Waals surface area contributed by atoms with E-state index in [2.05, 4.69) is 5.32 Å². The molecule has 0 saturated heterocycles. The van der Waals surface area contributed by atoms with Crippen molar-refractivity contribution in [1.29, 1.82) is 0 Å². The molecule has 66 radical (unpaired) electrons. The standard InChI is InChI=1S/C8H10FN.B64/c1-2-10-8-5-3-7(9)4-6-8;1-34(2)50(33)58(49(31)32)62(57(47(27)28)48(29)30)64(61(55(43(19)20)44(21)22)56(45(23)24)46(25)26)63(59(51(35(3)4)36(5)6)52(37(7)8)38(9)10)60(53(39(11)12)40(13)14)54(41(15)16)42(17)18/h3-6,10H,2H2,1H3;. The van der Waals surface area contributed by atoms with Crippen LogP contribution in [0.25, 0.3) is 0 Å². The third-order valence-corrected chi connectivity index (χ3v) is 14.6. The SMILES string of the molecule is CCNc1ccc(F)cc1.[B]B([B])B([B])B(B([B])[B])B(B(B([B])[B])B([B])[B])B(B(B(B([B])[B])B([B])[B])B(B([B])[B])B([B])[B])B(B(B(B([B])[B])B([B])[B])B(B([B])[B])B([B])[B])B(B(B([B])[B])B([B])[B])B(B([B])[B])B([B])[B]. The minimum Gasteiger partial charge on any atom is -0.385 e. The van der Waals surface area contributed by atoms with Gasteiger partial charge >= 0.3 is 0 Å². The Kier molecular flexibility index (Phi) is 38.3. The topological polar surface area (TPSA) is 12.0 Å². The fraction of sp³-hybridized carbons (Fsp3) is 0.250. The van der Waals surface area contributed by atoms with Crippen LogP contribution in [0, 0.1) is 5.82 Å². The van der Waals surface area contributed by atoms with Crippen LogP contribution in [0.3, 0.4) is 0 Å². The fourth-order valence-corrected chi connectivity index (χ4v) is 11.8. The van der Waals surface area contributed by atoms with Crippen LogP contribution < -0.4 is 5.32 Å². The molecule has 0 heterocycles. The Labute approximate surface area is 507 Å². The molecule has 0 fully saturated rings. The molecule has 246 valence electrons. The summed E-state index contributed by atoms with van der Waals surface area (Å²) in [7, 11) is 219. The van der Waals surface area contributed by atoms with E-state index in [1.54, 1.807) is 12.1 Å². The maximum Gasteiger partial charge on any atom is 0.123 e. The number of hydrogen-bond donors (Lipinski definition) is 1. The first-order valence-electron chi connectivity index (χ1n) is 24.3. The van der Waals surface area contributed by atoms with E-state index in [1.165, 1.54) is 12.1 Å². The van der Waals surface area contributed by atoms with Crippen LogP contribution in [-0.4, -0.2) is 460 Å². The van der Waals surface area contributed by atoms with Gasteiger partial charge in [0.15, 0.2) is 0 Å². The lowest BCUT2D eigenvalue weighted by Gasteiger charge is -2.59. The summed E-state index contributed by atoms with van der Waals surface area (Å²) < 4.78 is 12.3. The number of anilines is 1. The number of halogens is 1. The van der Waals surface area contributed by atoms with E-state index >= 15 is 0 Å². The van der Waals surface area contributed by atoms with E-state index in [1.807, 2.05) is 6.92 Å². The van der Waals surface area contributed by atoms with E-state index < -0.39 is 198 Å². The molecule has 1 aromatic rings. The van der Waals surface area contributed by atoms with Gasteiger partial charge in [0, 0.05) is 465 Å². The van der Waals surface area contributed by atoms with Gasteiger partial charge in [0.05, 0.1) is 0 Å². The summed E-state index contributed by atoms with van der Waals surface area (Å²) in [6, 6.07) is 6.33. The molecule has 66 heteroatoms. The fourth-order valence-electron chi connectivity index (χ4n) is 11.8. The van der Waals surface area contributed by atoms with Gasteiger partial charge in [0.25, 0.3) is 0 Å². The highest BCUT2D eigenvalue weighted by Gasteiger charge is 2.63. The first-order valence-corrected chi connectivity index (χ1v) is 24.3. The Morgan fingerprint density at radius 2 is 0.419 bits per heavy atom. The van der Waals surface area contributed by atoms with Crippen molar-refractivity contribution in [2.24, 2.45) is 0 Å². The van der Waals surface area contributed by atoms with Crippen LogP contribution in [0.5, 0.6) is 0 Å². The molecule has 1 nitrogen and oxygen atoms in total. The minimum atomic E-state index is -1.60. The second-order valence-electron chi connectivity index (χ2n) is 19.9. The van der Waals surface area contributed by atoms with Crippen LogP contribution in [0.4, 0.5) is 10.1 Å². The van der Waals surface area contributed by atoms with Crippen molar-refractivity contribution in [3.8, 4) is 0 Å². The summed E-state index contributed by atoms with van der Waals surface area (Å²) in [6.45, 7) is 2.87. The normalized spacial score (nSPS) is 9.70. The van der Waals surface area contributed by atoms with Gasteiger partial charge in [-0.05, 0) is 31.2 Å². The molecule has 0 bridgehead atoms. The largest absolute Gasteiger partial charge is 0.385 e. The molecule has 1 rings (SSSR count). The van der Waals surface area contributed by atoms with Crippen LogP contribution in [-0.2, 0) is 0 Å². The molecular weight excluding hydrogens is 821 g/mol. The smallest absolute Gasteiger partial charge is 0.123 e. The maximum atomic E-state index is 12.3. The van der Waals surface area contributed by atoms with Crippen molar-refractivity contribution in [2.75, 3.05) is 11.9 Å². The van der Waals surface area contributed by atoms with Crippen molar-refractivity contribution in [1.82, 2.24) is 0 Å². The summed E-state index contributed by atoms with van der Waals surface area (Å²) in [5, 5.41) is 3.07. The Balaban J connectivity index is 0.00000471. The minimum absolute atomic E-state index is 0.193. The van der Waals surface area contributed by atoms with Gasteiger partial charge in [0.2, 0.25) is 0 Å². The molecule has 0 aromatic heterocycles. The highest BCUT2D eigenvalue weighted by atomic mass is 19.1. The zero-order valence-electron chi connectivity index (χ0n) is 42.8. The lowest BCUT2D eigenvalue weighted by atomic mass is 8.22. The van der Waals surface area contributed by atoms with Gasteiger partial charge < -0.3 is 5.32 Å². The Hall–Kier alpha value is 3.11. The van der Waals surface area contributed by atoms with Gasteiger partial charge in [-0.1, -0.05) is 0 Å². The zero-order chi connectivity index (χ0) is 58.3. The van der Waals surface area contributed by atoms with E-state index in [4.69, 9.17) is 255 Å². The van der Waals surface area contributed by atoms with Crippen molar-refractivity contribution in [3.63, 3.8) is 0 Å². The monoisotopic (exact) mass is 844 g/mol. The number of benzene rings is 1. The van der Waals surface area contributed by atoms with E-state index in [0.29, 0.717) is 0 Å². The molecule has 1 N–H and O–H groups in total. The van der Waals surface area contributed by atoms with Gasteiger partial charge in [-0.2, -0.15) is 0 Å². The van der Waals surface area contributed by atoms with Gasteiger partial charge in [-0.15, -0.1) is 0 Å². The van der Waals surface area contributed by atoms with Crippen LogP contribution in [0.2, 0.25) is 0 Å². The summed E-state index contributed by atoms with van der Waals surface area (Å²) in [6.07, 6.45) is -46.0. The summed E-state index contributed by atoms with van der Waals surface area (Å²) in [4.78, 5) is 0. The predicted molar refractivity (Wildman–Crippen MR) is 409 cm³/mol. The lowest BCUT2D eigenvalue weighted by Crippen LogP contribution is -2.97. The number of nitrogens with one attached hydrogen (secondary N) is 1. The average molecular weight is 831 g/mol. The first-order chi connectivity index (χ1) is 33.9. The van der Waals surface area contributed by atoms with E-state index in [-0.39, 0.29) is 5.82 Å². The van der Waals surface area contributed by atoms with Crippen LogP contribution >= 0.6 is 0 Å². The number of hydrogen-bond acceptors (Lipinski definition) is 1. The highest BCUT2D eigenvalue weighted by Crippen LogP contribution is 2.25. The average Bonchev–Trinajstić information content (AvgIpc) is 3.21. The molecule has 0 spiro atoms. The third kappa shape index (κ3) is 22.3. The molecule has 0 aliphatic rings. The van der Waals surface area contributed by atoms with Gasteiger partial charge in [0.1, 0.15) is 5.82 Å². The summed E-state index contributed by atoms with van der Waals surface area (Å²) >= 11 is 0. The number of rotatable bonds is 32. The lowest BCUT2D eigenvalue weighted by molar-refractivity contribution is 0.628. The van der Waals surface area contributed by atoms with Crippen molar-refractivity contribution >= 4 is 459 Å². The Bertz CT molecular complexity index is 1430. The molecular formula is C8H10B64FN. The second kappa shape index (κ2) is 36.7. The van der Waals surface area contributed by atoms with Crippen molar-refractivity contribution < 1.29 is 4.39 Å². The molecule has 0 amide bonds. The zero-order valence-corrected chi connectivity index (χ0v) is 42.8. The van der Waals surface area contributed by atoms with Crippen molar-refractivity contribution in [2.45, 2.75) is 6.92 Å². The Morgan fingerprint density at radius 3 is 0.568 bits per heavy atom. The molecule has 0 aliphatic heterocycles. The van der Waals surface area contributed by atoms with Gasteiger partial charge in [-0.25, -0.2) is 4.39 Å². The second-order valence-corrected chi connectivity index (χ2v) is 19.9. The molecule has 0 aliphatic carbocycles. The van der Waals surface area contributed by atoms with E-state index in [0.717, 1.165) is 12.2 Å².